The summed E-state index contributed by atoms with van der Waals surface area (Å²) in [5.74, 6) is -0.204. The van der Waals surface area contributed by atoms with E-state index in [4.69, 9.17) is 0 Å². The molecule has 13 heavy (non-hydrogen) atoms. The summed E-state index contributed by atoms with van der Waals surface area (Å²) in [6.45, 7) is 1.58. The summed E-state index contributed by atoms with van der Waals surface area (Å²) in [7, 11) is 0. The number of hydrogen-bond donors (Lipinski definition) is 1. The normalized spacial score (nSPS) is 10.4. The standard InChI is InChI=1S/C9H10Br2FN/c10-1-2-13-6-7-3-8(11)5-9(12)4-7/h3-5,13H,1-2,6H2. The number of rotatable bonds is 4. The lowest BCUT2D eigenvalue weighted by Gasteiger charge is -2.03. The third-order valence-electron chi connectivity index (χ3n) is 1.52. The summed E-state index contributed by atoms with van der Waals surface area (Å²) in [6.07, 6.45) is 0. The molecular formula is C9H10Br2FN. The average Bonchev–Trinajstić information content (AvgIpc) is 2.03. The first-order valence-corrected chi connectivity index (χ1v) is 5.85. The molecule has 0 aliphatic heterocycles. The Morgan fingerprint density at radius 1 is 1.31 bits per heavy atom. The van der Waals surface area contributed by atoms with Crippen molar-refractivity contribution in [3.63, 3.8) is 0 Å². The zero-order valence-electron chi connectivity index (χ0n) is 6.99. The van der Waals surface area contributed by atoms with Gasteiger partial charge in [-0.3, -0.25) is 0 Å². The van der Waals surface area contributed by atoms with Crippen LogP contribution in [-0.4, -0.2) is 11.9 Å². The quantitative estimate of drug-likeness (QED) is 0.666. The van der Waals surface area contributed by atoms with Gasteiger partial charge in [0.15, 0.2) is 0 Å². The monoisotopic (exact) mass is 309 g/mol. The van der Waals surface area contributed by atoms with Crippen LogP contribution in [0.5, 0.6) is 0 Å². The Hall–Kier alpha value is 0.0700. The maximum Gasteiger partial charge on any atom is 0.124 e. The largest absolute Gasteiger partial charge is 0.312 e. The van der Waals surface area contributed by atoms with E-state index >= 15 is 0 Å². The molecule has 0 saturated heterocycles. The van der Waals surface area contributed by atoms with Crippen LogP contribution in [0, 0.1) is 5.82 Å². The molecule has 0 saturated carbocycles. The van der Waals surface area contributed by atoms with Crippen LogP contribution in [0.25, 0.3) is 0 Å². The molecule has 0 aliphatic rings. The number of halogens is 3. The molecule has 72 valence electrons. The average molecular weight is 311 g/mol. The van der Waals surface area contributed by atoms with Crippen LogP contribution < -0.4 is 5.32 Å². The Labute approximate surface area is 94.0 Å². The Morgan fingerprint density at radius 2 is 2.08 bits per heavy atom. The van der Waals surface area contributed by atoms with Crippen LogP contribution in [0.4, 0.5) is 4.39 Å². The molecule has 1 nitrogen and oxygen atoms in total. The molecule has 0 fully saturated rings. The van der Waals surface area contributed by atoms with Crippen LogP contribution in [0.15, 0.2) is 22.7 Å². The van der Waals surface area contributed by atoms with Crippen LogP contribution in [0.1, 0.15) is 5.56 Å². The van der Waals surface area contributed by atoms with Crippen LogP contribution >= 0.6 is 31.9 Å². The number of nitrogens with one attached hydrogen (secondary N) is 1. The summed E-state index contributed by atoms with van der Waals surface area (Å²) >= 11 is 6.55. The molecule has 1 N–H and O–H groups in total. The summed E-state index contributed by atoms with van der Waals surface area (Å²) < 4.78 is 13.7. The van der Waals surface area contributed by atoms with E-state index in [1.54, 1.807) is 0 Å². The molecule has 0 unspecified atom stereocenters. The van der Waals surface area contributed by atoms with E-state index in [9.17, 15) is 4.39 Å². The summed E-state index contributed by atoms with van der Waals surface area (Å²) in [4.78, 5) is 0. The summed E-state index contributed by atoms with van der Waals surface area (Å²) in [5, 5.41) is 4.08. The van der Waals surface area contributed by atoms with Gasteiger partial charge in [-0.2, -0.15) is 0 Å². The van der Waals surface area contributed by atoms with E-state index in [1.807, 2.05) is 6.07 Å². The van der Waals surface area contributed by atoms with Crippen LogP contribution in [0.2, 0.25) is 0 Å². The highest BCUT2D eigenvalue weighted by Gasteiger charge is 1.97. The van der Waals surface area contributed by atoms with Gasteiger partial charge in [-0.05, 0) is 23.8 Å². The van der Waals surface area contributed by atoms with Crippen molar-refractivity contribution in [2.24, 2.45) is 0 Å². The zero-order chi connectivity index (χ0) is 9.68. The molecule has 1 aromatic rings. The van der Waals surface area contributed by atoms with Crippen LogP contribution in [-0.2, 0) is 6.54 Å². The minimum atomic E-state index is -0.204. The lowest BCUT2D eigenvalue weighted by Crippen LogP contribution is -2.15. The van der Waals surface area contributed by atoms with Crippen molar-refractivity contribution in [1.82, 2.24) is 5.32 Å². The zero-order valence-corrected chi connectivity index (χ0v) is 10.2. The van der Waals surface area contributed by atoms with E-state index in [0.717, 1.165) is 21.9 Å². The third-order valence-corrected chi connectivity index (χ3v) is 2.38. The third kappa shape index (κ3) is 4.20. The van der Waals surface area contributed by atoms with Crippen LogP contribution in [0.3, 0.4) is 0 Å². The van der Waals surface area contributed by atoms with Gasteiger partial charge in [0.25, 0.3) is 0 Å². The van der Waals surface area contributed by atoms with Crippen molar-refractivity contribution in [2.45, 2.75) is 6.54 Å². The predicted molar refractivity (Wildman–Crippen MR) is 59.6 cm³/mol. The smallest absolute Gasteiger partial charge is 0.124 e. The van der Waals surface area contributed by atoms with Crippen molar-refractivity contribution in [3.8, 4) is 0 Å². The van der Waals surface area contributed by atoms with Gasteiger partial charge in [-0.1, -0.05) is 31.9 Å². The van der Waals surface area contributed by atoms with Gasteiger partial charge in [0.05, 0.1) is 0 Å². The maximum absolute atomic E-state index is 12.9. The summed E-state index contributed by atoms with van der Waals surface area (Å²) in [6, 6.07) is 4.89. The molecule has 0 atom stereocenters. The lowest BCUT2D eigenvalue weighted by atomic mass is 10.2. The van der Waals surface area contributed by atoms with Crippen molar-refractivity contribution in [2.75, 3.05) is 11.9 Å². The highest BCUT2D eigenvalue weighted by atomic mass is 79.9. The molecule has 0 aliphatic carbocycles. The van der Waals surface area contributed by atoms with Gasteiger partial charge < -0.3 is 5.32 Å². The number of hydrogen-bond acceptors (Lipinski definition) is 1. The van der Waals surface area contributed by atoms with Gasteiger partial charge in [0.2, 0.25) is 0 Å². The summed E-state index contributed by atoms with van der Waals surface area (Å²) in [5.41, 5.74) is 0.952. The second-order valence-electron chi connectivity index (χ2n) is 2.64. The molecule has 4 heteroatoms. The Morgan fingerprint density at radius 3 is 2.69 bits per heavy atom. The Bertz CT molecular complexity index is 258. The van der Waals surface area contributed by atoms with E-state index in [1.165, 1.54) is 12.1 Å². The van der Waals surface area contributed by atoms with Gasteiger partial charge in [-0.25, -0.2) is 4.39 Å². The first-order valence-electron chi connectivity index (χ1n) is 3.94. The fraction of sp³-hybridized carbons (Fsp3) is 0.333. The van der Waals surface area contributed by atoms with E-state index in [0.29, 0.717) is 6.54 Å². The molecule has 1 rings (SSSR count). The van der Waals surface area contributed by atoms with Crippen molar-refractivity contribution in [1.29, 1.82) is 0 Å². The van der Waals surface area contributed by atoms with Gasteiger partial charge in [-0.15, -0.1) is 0 Å². The van der Waals surface area contributed by atoms with Crippen molar-refractivity contribution < 1.29 is 4.39 Å². The van der Waals surface area contributed by atoms with Gasteiger partial charge in [0, 0.05) is 22.9 Å². The molecule has 0 radical (unpaired) electrons. The fourth-order valence-corrected chi connectivity index (χ4v) is 1.81. The molecule has 0 heterocycles. The molecule has 0 amide bonds. The minimum absolute atomic E-state index is 0.204. The SMILES string of the molecule is Fc1cc(Br)cc(CNCCBr)c1. The van der Waals surface area contributed by atoms with Gasteiger partial charge in [0.1, 0.15) is 5.82 Å². The lowest BCUT2D eigenvalue weighted by molar-refractivity contribution is 0.621. The topological polar surface area (TPSA) is 12.0 Å². The molecule has 1 aromatic carbocycles. The first-order chi connectivity index (χ1) is 6.22. The molecule has 0 spiro atoms. The predicted octanol–water partition coefficient (Wildman–Crippen LogP) is 3.07. The first kappa shape index (κ1) is 11.1. The number of alkyl halides is 1. The van der Waals surface area contributed by atoms with E-state index < -0.39 is 0 Å². The maximum atomic E-state index is 12.9. The molecule has 0 aromatic heterocycles. The van der Waals surface area contributed by atoms with Gasteiger partial charge >= 0.3 is 0 Å². The Kier molecular flexibility index (Phi) is 4.91. The van der Waals surface area contributed by atoms with Crippen molar-refractivity contribution >= 4 is 31.9 Å². The van der Waals surface area contributed by atoms with E-state index in [2.05, 4.69) is 37.2 Å². The Balaban J connectivity index is 2.56. The molecule has 0 bridgehead atoms. The highest BCUT2D eigenvalue weighted by molar-refractivity contribution is 9.10. The second kappa shape index (κ2) is 5.73. The number of benzene rings is 1. The second-order valence-corrected chi connectivity index (χ2v) is 4.35. The fourth-order valence-electron chi connectivity index (χ4n) is 1.01. The minimum Gasteiger partial charge on any atom is -0.312 e. The van der Waals surface area contributed by atoms with E-state index in [-0.39, 0.29) is 5.82 Å². The molecular weight excluding hydrogens is 301 g/mol. The van der Waals surface area contributed by atoms with Crippen molar-refractivity contribution in [3.05, 3.63) is 34.1 Å². The highest BCUT2D eigenvalue weighted by Crippen LogP contribution is 2.14.